The maximum Gasteiger partial charge on any atom is 0.122 e. The van der Waals surface area contributed by atoms with E-state index in [0.717, 1.165) is 34.3 Å². The molecule has 108 valence electrons. The maximum atomic E-state index is 5.34. The Morgan fingerprint density at radius 1 is 1.20 bits per heavy atom. The number of nitrogens with zero attached hydrogens (tertiary/aromatic N) is 1. The summed E-state index contributed by atoms with van der Waals surface area (Å²) >= 11 is 1.66. The molecule has 2 aromatic rings. The van der Waals surface area contributed by atoms with E-state index < -0.39 is 0 Å². The highest BCUT2D eigenvalue weighted by Gasteiger charge is 2.18. The van der Waals surface area contributed by atoms with E-state index in [2.05, 4.69) is 22.6 Å². The van der Waals surface area contributed by atoms with Crippen molar-refractivity contribution in [3.8, 4) is 11.5 Å². The van der Waals surface area contributed by atoms with Crippen LogP contribution in [0.4, 0.5) is 0 Å². The normalized spacial score (nSPS) is 12.2. The summed E-state index contributed by atoms with van der Waals surface area (Å²) in [6, 6.07) is 5.97. The second-order valence-corrected chi connectivity index (χ2v) is 5.35. The topological polar surface area (TPSA) is 43.4 Å². The van der Waals surface area contributed by atoms with Gasteiger partial charge in [0.1, 0.15) is 16.5 Å². The van der Waals surface area contributed by atoms with Gasteiger partial charge in [0.15, 0.2) is 0 Å². The standard InChI is InChI=1S/C15H20N2O2S/c1-5-16-14(15-17-10(2)9-20-15)11-6-12(18-3)8-13(7-11)19-4/h6-9,14,16H,5H2,1-4H3. The van der Waals surface area contributed by atoms with Crippen LogP contribution in [0.15, 0.2) is 23.6 Å². The Balaban J connectivity index is 2.42. The smallest absolute Gasteiger partial charge is 0.122 e. The van der Waals surface area contributed by atoms with Gasteiger partial charge in [0.2, 0.25) is 0 Å². The number of hydrogen-bond acceptors (Lipinski definition) is 5. The molecule has 1 unspecified atom stereocenters. The van der Waals surface area contributed by atoms with E-state index in [1.807, 2.05) is 25.1 Å². The third-order valence-corrected chi connectivity index (χ3v) is 4.03. The molecule has 1 aromatic heterocycles. The molecule has 1 heterocycles. The molecule has 4 nitrogen and oxygen atoms in total. The molecule has 0 radical (unpaired) electrons. The Morgan fingerprint density at radius 3 is 2.30 bits per heavy atom. The van der Waals surface area contributed by atoms with Crippen LogP contribution in [0.25, 0.3) is 0 Å². The molecule has 5 heteroatoms. The number of benzene rings is 1. The molecule has 0 fully saturated rings. The monoisotopic (exact) mass is 292 g/mol. The van der Waals surface area contributed by atoms with E-state index in [4.69, 9.17) is 9.47 Å². The van der Waals surface area contributed by atoms with Crippen LogP contribution in [0, 0.1) is 6.92 Å². The first kappa shape index (κ1) is 14.8. The molecule has 0 aliphatic rings. The molecule has 0 aliphatic carbocycles. The van der Waals surface area contributed by atoms with Crippen LogP contribution in [-0.4, -0.2) is 25.7 Å². The van der Waals surface area contributed by atoms with Crippen LogP contribution >= 0.6 is 11.3 Å². The van der Waals surface area contributed by atoms with Crippen molar-refractivity contribution in [1.29, 1.82) is 0 Å². The summed E-state index contributed by atoms with van der Waals surface area (Å²) in [4.78, 5) is 4.59. The summed E-state index contributed by atoms with van der Waals surface area (Å²) in [5, 5.41) is 6.59. The summed E-state index contributed by atoms with van der Waals surface area (Å²) in [6.45, 7) is 4.96. The van der Waals surface area contributed by atoms with Crippen LogP contribution in [-0.2, 0) is 0 Å². The van der Waals surface area contributed by atoms with Crippen molar-refractivity contribution in [3.05, 3.63) is 39.8 Å². The molecule has 0 bridgehead atoms. The van der Waals surface area contributed by atoms with Crippen LogP contribution in [0.3, 0.4) is 0 Å². The zero-order valence-corrected chi connectivity index (χ0v) is 13.1. The lowest BCUT2D eigenvalue weighted by molar-refractivity contribution is 0.392. The van der Waals surface area contributed by atoms with Crippen LogP contribution in [0.5, 0.6) is 11.5 Å². The summed E-state index contributed by atoms with van der Waals surface area (Å²) in [7, 11) is 3.32. The number of aryl methyl sites for hydroxylation is 1. The molecule has 20 heavy (non-hydrogen) atoms. The molecule has 1 N–H and O–H groups in total. The molecular formula is C15H20N2O2S. The fraction of sp³-hybridized carbons (Fsp3) is 0.400. The lowest BCUT2D eigenvalue weighted by Crippen LogP contribution is -2.22. The second kappa shape index (κ2) is 6.72. The van der Waals surface area contributed by atoms with Gasteiger partial charge in [0.25, 0.3) is 0 Å². The van der Waals surface area contributed by atoms with E-state index in [1.54, 1.807) is 25.6 Å². The van der Waals surface area contributed by atoms with E-state index in [1.165, 1.54) is 0 Å². The second-order valence-electron chi connectivity index (χ2n) is 4.46. The molecule has 0 saturated carbocycles. The molecule has 0 spiro atoms. The number of nitrogens with one attached hydrogen (secondary N) is 1. The number of thiazole rings is 1. The third-order valence-electron chi connectivity index (χ3n) is 3.00. The lowest BCUT2D eigenvalue weighted by atomic mass is 10.1. The zero-order chi connectivity index (χ0) is 14.5. The van der Waals surface area contributed by atoms with Gasteiger partial charge in [-0.25, -0.2) is 4.98 Å². The molecule has 1 aromatic carbocycles. The van der Waals surface area contributed by atoms with Gasteiger partial charge in [-0.3, -0.25) is 0 Å². The minimum atomic E-state index is 0.0581. The largest absolute Gasteiger partial charge is 0.497 e. The highest BCUT2D eigenvalue weighted by molar-refractivity contribution is 7.09. The van der Waals surface area contributed by atoms with E-state index in [9.17, 15) is 0 Å². The van der Waals surface area contributed by atoms with Crippen LogP contribution in [0.1, 0.15) is 29.2 Å². The average Bonchev–Trinajstić information content (AvgIpc) is 2.90. The van der Waals surface area contributed by atoms with E-state index in [-0.39, 0.29) is 6.04 Å². The Morgan fingerprint density at radius 2 is 1.85 bits per heavy atom. The van der Waals surface area contributed by atoms with Gasteiger partial charge >= 0.3 is 0 Å². The summed E-state index contributed by atoms with van der Waals surface area (Å²) in [5.41, 5.74) is 2.14. The van der Waals surface area contributed by atoms with Gasteiger partial charge in [-0.05, 0) is 31.2 Å². The van der Waals surface area contributed by atoms with Gasteiger partial charge in [-0.15, -0.1) is 11.3 Å². The van der Waals surface area contributed by atoms with Crippen molar-refractivity contribution in [2.75, 3.05) is 20.8 Å². The van der Waals surface area contributed by atoms with Gasteiger partial charge < -0.3 is 14.8 Å². The van der Waals surface area contributed by atoms with E-state index >= 15 is 0 Å². The third kappa shape index (κ3) is 3.29. The predicted molar refractivity (Wildman–Crippen MR) is 81.9 cm³/mol. The van der Waals surface area contributed by atoms with Crippen molar-refractivity contribution >= 4 is 11.3 Å². The first-order valence-electron chi connectivity index (χ1n) is 6.56. The highest BCUT2D eigenvalue weighted by atomic mass is 32.1. The van der Waals surface area contributed by atoms with E-state index in [0.29, 0.717) is 0 Å². The summed E-state index contributed by atoms with van der Waals surface area (Å²) < 4.78 is 10.7. The molecule has 0 aliphatic heterocycles. The minimum absolute atomic E-state index is 0.0581. The van der Waals surface area contributed by atoms with Crippen molar-refractivity contribution in [2.45, 2.75) is 19.9 Å². The van der Waals surface area contributed by atoms with Gasteiger partial charge in [0.05, 0.1) is 20.3 Å². The van der Waals surface area contributed by atoms with Crippen LogP contribution in [0.2, 0.25) is 0 Å². The first-order valence-corrected chi connectivity index (χ1v) is 7.44. The van der Waals surface area contributed by atoms with Gasteiger partial charge in [0, 0.05) is 17.1 Å². The minimum Gasteiger partial charge on any atom is -0.497 e. The zero-order valence-electron chi connectivity index (χ0n) is 12.3. The van der Waals surface area contributed by atoms with Gasteiger partial charge in [-0.1, -0.05) is 6.92 Å². The Bertz CT molecular complexity index is 547. The quantitative estimate of drug-likeness (QED) is 0.888. The lowest BCUT2D eigenvalue weighted by Gasteiger charge is -2.17. The molecule has 2 rings (SSSR count). The summed E-state index contributed by atoms with van der Waals surface area (Å²) in [6.07, 6.45) is 0. The molecule has 1 atom stereocenters. The Labute approximate surface area is 123 Å². The fourth-order valence-electron chi connectivity index (χ4n) is 2.05. The first-order chi connectivity index (χ1) is 9.67. The average molecular weight is 292 g/mol. The molecule has 0 saturated heterocycles. The van der Waals surface area contributed by atoms with Crippen molar-refractivity contribution in [2.24, 2.45) is 0 Å². The SMILES string of the molecule is CCNC(c1cc(OC)cc(OC)c1)c1nc(C)cs1. The highest BCUT2D eigenvalue weighted by Crippen LogP contribution is 2.31. The van der Waals surface area contributed by atoms with Crippen molar-refractivity contribution in [3.63, 3.8) is 0 Å². The van der Waals surface area contributed by atoms with Crippen LogP contribution < -0.4 is 14.8 Å². The van der Waals surface area contributed by atoms with Gasteiger partial charge in [-0.2, -0.15) is 0 Å². The van der Waals surface area contributed by atoms with Crippen molar-refractivity contribution in [1.82, 2.24) is 10.3 Å². The number of rotatable bonds is 6. The molecular weight excluding hydrogens is 272 g/mol. The fourth-order valence-corrected chi connectivity index (χ4v) is 2.95. The Hall–Kier alpha value is -1.59. The number of methoxy groups -OCH3 is 2. The maximum absolute atomic E-state index is 5.34. The number of ether oxygens (including phenoxy) is 2. The number of hydrogen-bond donors (Lipinski definition) is 1. The Kier molecular flexibility index (Phi) is 4.98. The van der Waals surface area contributed by atoms with Crippen molar-refractivity contribution < 1.29 is 9.47 Å². The predicted octanol–water partition coefficient (Wildman–Crippen LogP) is 3.17. The number of aromatic nitrogens is 1. The summed E-state index contributed by atoms with van der Waals surface area (Å²) in [5.74, 6) is 1.58. The molecule has 0 amide bonds.